The van der Waals surface area contributed by atoms with E-state index in [1.807, 2.05) is 36.4 Å². The summed E-state index contributed by atoms with van der Waals surface area (Å²) in [5, 5.41) is 13.3. The van der Waals surface area contributed by atoms with Crippen LogP contribution < -0.4 is 5.46 Å². The monoisotopic (exact) mass is 374 g/mol. The van der Waals surface area contributed by atoms with Crippen LogP contribution in [0.2, 0.25) is 0 Å². The highest BCUT2D eigenvalue weighted by atomic mass is 16.6. The molecule has 1 aromatic heterocycles. The standard InChI is InChI=1S/C24H15BN2O2/c25-21-15-17(11-13-24(21)27(28)29)16-10-12-23-20(14-16)19-8-4-5-9-22(19)26(23)18-6-2-1-3-7-18/h1-15H. The maximum absolute atomic E-state index is 11.1. The van der Waals surface area contributed by atoms with E-state index in [0.29, 0.717) is 0 Å². The summed E-state index contributed by atoms with van der Waals surface area (Å²) in [5.74, 6) is 0. The number of nitro benzene ring substituents is 1. The Hall–Kier alpha value is -3.86. The van der Waals surface area contributed by atoms with Crippen LogP contribution in [0, 0.1) is 10.1 Å². The molecule has 0 spiro atoms. The van der Waals surface area contributed by atoms with Gasteiger partial charge in [0.15, 0.2) is 0 Å². The van der Waals surface area contributed by atoms with E-state index in [-0.39, 0.29) is 11.2 Å². The van der Waals surface area contributed by atoms with Crippen molar-refractivity contribution < 1.29 is 4.92 Å². The first kappa shape index (κ1) is 17.3. The fourth-order valence-corrected chi connectivity index (χ4v) is 3.91. The SMILES string of the molecule is [B]c1cc(-c2ccc3c(c2)c2ccccc2n3-c2ccccc2)ccc1[N+](=O)[O-]. The van der Waals surface area contributed by atoms with Gasteiger partial charge in [0.2, 0.25) is 0 Å². The van der Waals surface area contributed by atoms with Crippen molar-refractivity contribution in [3.8, 4) is 16.8 Å². The lowest BCUT2D eigenvalue weighted by atomic mass is 9.90. The third kappa shape index (κ3) is 2.79. The molecule has 0 aliphatic heterocycles. The highest BCUT2D eigenvalue weighted by Gasteiger charge is 2.14. The molecule has 0 saturated heterocycles. The Balaban J connectivity index is 1.76. The van der Waals surface area contributed by atoms with Crippen LogP contribution in [-0.4, -0.2) is 17.3 Å². The third-order valence-corrected chi connectivity index (χ3v) is 5.24. The molecule has 0 aliphatic carbocycles. The molecule has 0 amide bonds. The van der Waals surface area contributed by atoms with Crippen molar-refractivity contribution in [3.63, 3.8) is 0 Å². The summed E-state index contributed by atoms with van der Waals surface area (Å²) in [6.07, 6.45) is 0. The Bertz CT molecular complexity index is 1390. The van der Waals surface area contributed by atoms with E-state index < -0.39 is 4.92 Å². The summed E-state index contributed by atoms with van der Waals surface area (Å²) in [7, 11) is 5.90. The van der Waals surface area contributed by atoms with E-state index in [2.05, 4.69) is 41.0 Å². The molecule has 2 radical (unpaired) electrons. The van der Waals surface area contributed by atoms with Crippen LogP contribution in [-0.2, 0) is 0 Å². The minimum absolute atomic E-state index is 0.0736. The smallest absolute Gasteiger partial charge is 0.262 e. The number of hydrogen-bond acceptors (Lipinski definition) is 2. The van der Waals surface area contributed by atoms with E-state index in [1.165, 1.54) is 6.07 Å². The molecule has 5 heteroatoms. The molecule has 0 atom stereocenters. The molecule has 0 fully saturated rings. The molecule has 0 saturated carbocycles. The molecule has 5 aromatic rings. The number of hydrogen-bond donors (Lipinski definition) is 0. The minimum Gasteiger partial charge on any atom is -0.309 e. The normalized spacial score (nSPS) is 11.2. The highest BCUT2D eigenvalue weighted by Crippen LogP contribution is 2.34. The number of nitro groups is 1. The first-order chi connectivity index (χ1) is 14.1. The van der Waals surface area contributed by atoms with Gasteiger partial charge in [-0.3, -0.25) is 10.1 Å². The van der Waals surface area contributed by atoms with Gasteiger partial charge in [-0.1, -0.05) is 48.5 Å². The molecule has 0 bridgehead atoms. The number of para-hydroxylation sites is 2. The lowest BCUT2D eigenvalue weighted by Gasteiger charge is -2.08. The summed E-state index contributed by atoms with van der Waals surface area (Å²) in [6.45, 7) is 0. The molecule has 1 heterocycles. The molecule has 29 heavy (non-hydrogen) atoms. The van der Waals surface area contributed by atoms with Crippen molar-refractivity contribution >= 4 is 40.8 Å². The average Bonchev–Trinajstić information content (AvgIpc) is 3.08. The van der Waals surface area contributed by atoms with Gasteiger partial charge in [-0.05, 0) is 53.0 Å². The third-order valence-electron chi connectivity index (χ3n) is 5.24. The first-order valence-corrected chi connectivity index (χ1v) is 9.26. The Morgan fingerprint density at radius 1 is 0.724 bits per heavy atom. The Kier molecular flexibility index (Phi) is 3.95. The first-order valence-electron chi connectivity index (χ1n) is 9.26. The summed E-state index contributed by atoms with van der Waals surface area (Å²) in [5.41, 5.74) is 5.26. The summed E-state index contributed by atoms with van der Waals surface area (Å²) < 4.78 is 2.25. The second-order valence-electron chi connectivity index (χ2n) is 6.95. The molecular formula is C24H15BN2O2. The van der Waals surface area contributed by atoms with Gasteiger partial charge in [0, 0.05) is 22.5 Å². The average molecular weight is 374 g/mol. The van der Waals surface area contributed by atoms with E-state index in [0.717, 1.165) is 38.6 Å². The van der Waals surface area contributed by atoms with E-state index in [1.54, 1.807) is 12.1 Å². The predicted octanol–water partition coefficient (Wildman–Crippen LogP) is 5.15. The number of aromatic nitrogens is 1. The lowest BCUT2D eigenvalue weighted by molar-refractivity contribution is -0.383. The Morgan fingerprint density at radius 3 is 2.14 bits per heavy atom. The zero-order valence-electron chi connectivity index (χ0n) is 15.4. The molecular weight excluding hydrogens is 359 g/mol. The molecule has 136 valence electrons. The molecule has 0 unspecified atom stereocenters. The number of benzene rings is 4. The fraction of sp³-hybridized carbons (Fsp3) is 0. The maximum Gasteiger partial charge on any atom is 0.262 e. The quantitative estimate of drug-likeness (QED) is 0.249. The van der Waals surface area contributed by atoms with Crippen molar-refractivity contribution in [1.29, 1.82) is 0 Å². The molecule has 4 nitrogen and oxygen atoms in total. The summed E-state index contributed by atoms with van der Waals surface area (Å²) in [4.78, 5) is 10.6. The molecule has 0 N–H and O–H groups in total. The molecule has 5 rings (SSSR count). The van der Waals surface area contributed by atoms with Gasteiger partial charge in [-0.25, -0.2) is 0 Å². The lowest BCUT2D eigenvalue weighted by Crippen LogP contribution is -2.09. The Morgan fingerprint density at radius 2 is 1.38 bits per heavy atom. The van der Waals surface area contributed by atoms with Gasteiger partial charge >= 0.3 is 0 Å². The van der Waals surface area contributed by atoms with E-state index >= 15 is 0 Å². The van der Waals surface area contributed by atoms with Gasteiger partial charge in [0.25, 0.3) is 5.69 Å². The largest absolute Gasteiger partial charge is 0.309 e. The highest BCUT2D eigenvalue weighted by molar-refractivity contribution is 6.35. The van der Waals surface area contributed by atoms with Crippen molar-refractivity contribution in [2.45, 2.75) is 0 Å². The second-order valence-corrected chi connectivity index (χ2v) is 6.95. The van der Waals surface area contributed by atoms with Crippen molar-refractivity contribution in [2.75, 3.05) is 0 Å². The zero-order chi connectivity index (χ0) is 20.0. The van der Waals surface area contributed by atoms with Crippen molar-refractivity contribution in [2.24, 2.45) is 0 Å². The molecule has 0 aliphatic rings. The summed E-state index contributed by atoms with van der Waals surface area (Å²) in [6, 6.07) is 29.7. The number of fused-ring (bicyclic) bond motifs is 3. The topological polar surface area (TPSA) is 48.1 Å². The minimum atomic E-state index is -0.463. The van der Waals surface area contributed by atoms with Gasteiger partial charge < -0.3 is 4.57 Å². The summed E-state index contributed by atoms with van der Waals surface area (Å²) >= 11 is 0. The van der Waals surface area contributed by atoms with Crippen LogP contribution in [0.1, 0.15) is 0 Å². The second kappa shape index (κ2) is 6.64. The van der Waals surface area contributed by atoms with Crippen LogP contribution in [0.15, 0.2) is 91.0 Å². The van der Waals surface area contributed by atoms with Crippen molar-refractivity contribution in [1.82, 2.24) is 4.57 Å². The van der Waals surface area contributed by atoms with Gasteiger partial charge in [0.05, 0.1) is 16.0 Å². The van der Waals surface area contributed by atoms with Crippen LogP contribution in [0.3, 0.4) is 0 Å². The van der Waals surface area contributed by atoms with E-state index in [9.17, 15) is 10.1 Å². The van der Waals surface area contributed by atoms with Gasteiger partial charge in [-0.2, -0.15) is 0 Å². The number of nitrogens with zero attached hydrogens (tertiary/aromatic N) is 2. The van der Waals surface area contributed by atoms with Crippen LogP contribution in [0.5, 0.6) is 0 Å². The number of rotatable bonds is 3. The predicted molar refractivity (Wildman–Crippen MR) is 118 cm³/mol. The van der Waals surface area contributed by atoms with Gasteiger partial charge in [-0.15, -0.1) is 0 Å². The van der Waals surface area contributed by atoms with E-state index in [4.69, 9.17) is 7.85 Å². The van der Waals surface area contributed by atoms with Crippen LogP contribution in [0.25, 0.3) is 38.6 Å². The van der Waals surface area contributed by atoms with Crippen LogP contribution >= 0.6 is 0 Å². The van der Waals surface area contributed by atoms with Crippen molar-refractivity contribution in [3.05, 3.63) is 101 Å². The fourth-order valence-electron chi connectivity index (χ4n) is 3.91. The molecule has 4 aromatic carbocycles. The Labute approximate surface area is 168 Å². The maximum atomic E-state index is 11.1. The van der Waals surface area contributed by atoms with Crippen LogP contribution in [0.4, 0.5) is 5.69 Å². The van der Waals surface area contributed by atoms with Gasteiger partial charge in [0.1, 0.15) is 7.85 Å². The zero-order valence-corrected chi connectivity index (χ0v) is 15.4.